The minimum Gasteiger partial charge on any atom is -0.382 e. The molecule has 1 atom stereocenters. The van der Waals surface area contributed by atoms with Gasteiger partial charge in [0, 0.05) is 19.8 Å². The van der Waals surface area contributed by atoms with Gasteiger partial charge in [-0.05, 0) is 49.4 Å². The van der Waals surface area contributed by atoms with Gasteiger partial charge in [-0.2, -0.15) is 0 Å². The Hall–Kier alpha value is -1.62. The van der Waals surface area contributed by atoms with E-state index in [1.165, 1.54) is 12.1 Å². The summed E-state index contributed by atoms with van der Waals surface area (Å²) in [6, 6.07) is 4.49. The van der Waals surface area contributed by atoms with Gasteiger partial charge in [0.2, 0.25) is 0 Å². The van der Waals surface area contributed by atoms with Crippen LogP contribution in [-0.2, 0) is 11.2 Å². The molecule has 2 rings (SSSR count). The van der Waals surface area contributed by atoms with Gasteiger partial charge in [-0.1, -0.05) is 6.07 Å². The molecule has 5 heteroatoms. The highest BCUT2D eigenvalue weighted by Gasteiger charge is 2.24. The van der Waals surface area contributed by atoms with E-state index in [0.717, 1.165) is 30.4 Å². The van der Waals surface area contributed by atoms with E-state index >= 15 is 0 Å². The number of benzene rings is 1. The summed E-state index contributed by atoms with van der Waals surface area (Å²) in [5.41, 5.74) is 2.02. The van der Waals surface area contributed by atoms with Crippen LogP contribution in [0.1, 0.15) is 36.9 Å². The van der Waals surface area contributed by atoms with E-state index in [0.29, 0.717) is 19.8 Å². The molecule has 0 aromatic heterocycles. The number of fused-ring (bicyclic) bond motifs is 1. The second kappa shape index (κ2) is 7.24. The van der Waals surface area contributed by atoms with Crippen LogP contribution in [0.5, 0.6) is 0 Å². The lowest BCUT2D eigenvalue weighted by molar-refractivity contribution is 0.145. The van der Waals surface area contributed by atoms with Crippen molar-refractivity contribution >= 4 is 6.03 Å². The first kappa shape index (κ1) is 14.8. The first-order chi connectivity index (χ1) is 9.70. The molecule has 4 nitrogen and oxygen atoms in total. The highest BCUT2D eigenvalue weighted by molar-refractivity contribution is 5.74. The average molecular weight is 280 g/mol. The molecule has 1 unspecified atom stereocenters. The molecule has 0 fully saturated rings. The number of carbonyl (C=O) groups excluding carboxylic acids is 1. The molecule has 1 aliphatic carbocycles. The number of urea groups is 1. The minimum absolute atomic E-state index is 0.0902. The summed E-state index contributed by atoms with van der Waals surface area (Å²) < 4.78 is 18.4. The fraction of sp³-hybridized carbons (Fsp3) is 0.533. The topological polar surface area (TPSA) is 50.4 Å². The van der Waals surface area contributed by atoms with Crippen LogP contribution in [0, 0.1) is 5.82 Å². The second-order valence-corrected chi connectivity index (χ2v) is 4.89. The van der Waals surface area contributed by atoms with Crippen molar-refractivity contribution in [2.75, 3.05) is 19.8 Å². The monoisotopic (exact) mass is 280 g/mol. The van der Waals surface area contributed by atoms with E-state index in [4.69, 9.17) is 4.74 Å². The number of halogens is 1. The zero-order valence-electron chi connectivity index (χ0n) is 11.7. The molecule has 0 saturated heterocycles. The van der Waals surface area contributed by atoms with Gasteiger partial charge in [0.25, 0.3) is 0 Å². The van der Waals surface area contributed by atoms with Gasteiger partial charge in [0.1, 0.15) is 5.82 Å². The first-order valence-electron chi connectivity index (χ1n) is 7.11. The summed E-state index contributed by atoms with van der Waals surface area (Å²) in [4.78, 5) is 11.8. The number of rotatable bonds is 6. The second-order valence-electron chi connectivity index (χ2n) is 4.89. The third kappa shape index (κ3) is 3.93. The molecule has 0 saturated carbocycles. The number of hydrogen-bond acceptors (Lipinski definition) is 2. The fourth-order valence-electron chi connectivity index (χ4n) is 2.45. The van der Waals surface area contributed by atoms with Crippen LogP contribution in [0.2, 0.25) is 0 Å². The van der Waals surface area contributed by atoms with Gasteiger partial charge in [0.05, 0.1) is 6.04 Å². The summed E-state index contributed by atoms with van der Waals surface area (Å²) in [5.74, 6) is -0.255. The van der Waals surface area contributed by atoms with Crippen molar-refractivity contribution in [3.05, 3.63) is 35.1 Å². The molecule has 1 aromatic rings. The molecule has 2 N–H and O–H groups in total. The molecule has 0 heterocycles. The minimum atomic E-state index is -0.255. The third-order valence-electron chi connectivity index (χ3n) is 3.45. The van der Waals surface area contributed by atoms with Crippen LogP contribution in [0.15, 0.2) is 18.2 Å². The number of carbonyl (C=O) groups is 1. The fourth-order valence-corrected chi connectivity index (χ4v) is 2.45. The Bertz CT molecular complexity index is 465. The normalized spacial score (nSPS) is 16.8. The Morgan fingerprint density at radius 3 is 3.15 bits per heavy atom. The van der Waals surface area contributed by atoms with Gasteiger partial charge < -0.3 is 15.4 Å². The quantitative estimate of drug-likeness (QED) is 0.787. The molecule has 110 valence electrons. The van der Waals surface area contributed by atoms with Gasteiger partial charge in [0.15, 0.2) is 0 Å². The van der Waals surface area contributed by atoms with Gasteiger partial charge in [-0.15, -0.1) is 0 Å². The van der Waals surface area contributed by atoms with Crippen molar-refractivity contribution < 1.29 is 13.9 Å². The SMILES string of the molecule is CCOCCCNC(=O)NC1CCc2ccc(F)cc21. The lowest BCUT2D eigenvalue weighted by Gasteiger charge is -2.15. The lowest BCUT2D eigenvalue weighted by atomic mass is 10.1. The number of ether oxygens (including phenoxy) is 1. The molecule has 0 spiro atoms. The maximum absolute atomic E-state index is 13.3. The van der Waals surface area contributed by atoms with Gasteiger partial charge in [-0.25, -0.2) is 9.18 Å². The summed E-state index contributed by atoms with van der Waals surface area (Å²) in [6.45, 7) is 3.86. The molecule has 20 heavy (non-hydrogen) atoms. The van der Waals surface area contributed by atoms with Crippen molar-refractivity contribution in [2.45, 2.75) is 32.2 Å². The van der Waals surface area contributed by atoms with Crippen LogP contribution in [0.4, 0.5) is 9.18 Å². The van der Waals surface area contributed by atoms with E-state index in [1.54, 1.807) is 6.07 Å². The zero-order valence-corrected chi connectivity index (χ0v) is 11.7. The van der Waals surface area contributed by atoms with Crippen molar-refractivity contribution in [1.82, 2.24) is 10.6 Å². The number of nitrogens with one attached hydrogen (secondary N) is 2. The van der Waals surface area contributed by atoms with Crippen LogP contribution in [-0.4, -0.2) is 25.8 Å². The summed E-state index contributed by atoms with van der Waals surface area (Å²) in [7, 11) is 0. The maximum Gasteiger partial charge on any atom is 0.315 e. The zero-order chi connectivity index (χ0) is 14.4. The van der Waals surface area contributed by atoms with Crippen molar-refractivity contribution in [3.8, 4) is 0 Å². The standard InChI is InChI=1S/C15H21FN2O2/c1-2-20-9-3-8-17-15(19)18-14-7-5-11-4-6-12(16)10-13(11)14/h4,6,10,14H,2-3,5,7-9H2,1H3,(H2,17,18,19). The van der Waals surface area contributed by atoms with E-state index in [9.17, 15) is 9.18 Å². The van der Waals surface area contributed by atoms with Crippen molar-refractivity contribution in [3.63, 3.8) is 0 Å². The maximum atomic E-state index is 13.3. The number of hydrogen-bond donors (Lipinski definition) is 2. The predicted molar refractivity (Wildman–Crippen MR) is 75.1 cm³/mol. The van der Waals surface area contributed by atoms with E-state index in [2.05, 4.69) is 10.6 Å². The summed E-state index contributed by atoms with van der Waals surface area (Å²) in [6.07, 6.45) is 2.49. The van der Waals surface area contributed by atoms with Gasteiger partial charge in [-0.3, -0.25) is 0 Å². The van der Waals surface area contributed by atoms with Crippen molar-refractivity contribution in [2.24, 2.45) is 0 Å². The van der Waals surface area contributed by atoms with E-state index < -0.39 is 0 Å². The van der Waals surface area contributed by atoms with E-state index in [-0.39, 0.29) is 17.9 Å². The smallest absolute Gasteiger partial charge is 0.315 e. The molecule has 0 radical (unpaired) electrons. The Kier molecular flexibility index (Phi) is 5.35. The summed E-state index contributed by atoms with van der Waals surface area (Å²) >= 11 is 0. The third-order valence-corrected chi connectivity index (χ3v) is 3.45. The Balaban J connectivity index is 1.77. The molecular formula is C15H21FN2O2. The molecule has 2 amide bonds. The molecular weight excluding hydrogens is 259 g/mol. The first-order valence-corrected chi connectivity index (χ1v) is 7.11. The Morgan fingerprint density at radius 1 is 1.50 bits per heavy atom. The Morgan fingerprint density at radius 2 is 2.35 bits per heavy atom. The van der Waals surface area contributed by atoms with Crippen LogP contribution in [0.3, 0.4) is 0 Å². The van der Waals surface area contributed by atoms with Crippen LogP contribution in [0.25, 0.3) is 0 Å². The van der Waals surface area contributed by atoms with E-state index in [1.807, 2.05) is 6.92 Å². The number of amides is 2. The number of aryl methyl sites for hydroxylation is 1. The highest BCUT2D eigenvalue weighted by Crippen LogP contribution is 2.31. The van der Waals surface area contributed by atoms with Crippen LogP contribution < -0.4 is 10.6 Å². The molecule has 1 aliphatic rings. The lowest BCUT2D eigenvalue weighted by Crippen LogP contribution is -2.38. The van der Waals surface area contributed by atoms with Gasteiger partial charge >= 0.3 is 6.03 Å². The van der Waals surface area contributed by atoms with Crippen LogP contribution >= 0.6 is 0 Å². The molecule has 0 bridgehead atoms. The van der Waals surface area contributed by atoms with Crippen molar-refractivity contribution in [1.29, 1.82) is 0 Å². The average Bonchev–Trinajstić information content (AvgIpc) is 2.81. The predicted octanol–water partition coefficient (Wildman–Crippen LogP) is 2.54. The Labute approximate surface area is 118 Å². The summed E-state index contributed by atoms with van der Waals surface area (Å²) in [5, 5.41) is 5.69. The highest BCUT2D eigenvalue weighted by atomic mass is 19.1. The molecule has 0 aliphatic heterocycles. The molecule has 1 aromatic carbocycles. The largest absolute Gasteiger partial charge is 0.382 e.